The van der Waals surface area contributed by atoms with Crippen molar-refractivity contribution in [1.29, 1.82) is 0 Å². The first kappa shape index (κ1) is 12.5. The molecule has 0 saturated carbocycles. The lowest BCUT2D eigenvalue weighted by atomic mass is 10.0. The van der Waals surface area contributed by atoms with Crippen LogP contribution in [0.3, 0.4) is 0 Å². The van der Waals surface area contributed by atoms with Crippen LogP contribution in [-0.4, -0.2) is 25.0 Å². The maximum atomic E-state index is 5.54. The van der Waals surface area contributed by atoms with Crippen molar-refractivity contribution >= 4 is 11.8 Å². The Morgan fingerprint density at radius 2 is 2.06 bits per heavy atom. The number of thioether (sulfide) groups is 1. The Labute approximate surface area is 113 Å². The zero-order valence-electron chi connectivity index (χ0n) is 10.7. The molecule has 1 aromatic carbocycles. The SMILES string of the molecule is c1ccc2c(c1)SCCC2NC1CCCOCC1. The maximum absolute atomic E-state index is 5.54. The highest BCUT2D eigenvalue weighted by Crippen LogP contribution is 2.36. The van der Waals surface area contributed by atoms with Gasteiger partial charge in [-0.05, 0) is 43.1 Å². The third kappa shape index (κ3) is 2.90. The normalized spacial score (nSPS) is 28.4. The summed E-state index contributed by atoms with van der Waals surface area (Å²) in [4.78, 5) is 1.46. The van der Waals surface area contributed by atoms with Crippen molar-refractivity contribution in [3.05, 3.63) is 29.8 Å². The minimum Gasteiger partial charge on any atom is -0.381 e. The van der Waals surface area contributed by atoms with Gasteiger partial charge in [0.05, 0.1) is 0 Å². The molecule has 3 rings (SSSR count). The predicted molar refractivity (Wildman–Crippen MR) is 76.1 cm³/mol. The molecule has 0 radical (unpaired) electrons. The van der Waals surface area contributed by atoms with E-state index in [0.29, 0.717) is 12.1 Å². The molecule has 1 N–H and O–H groups in total. The van der Waals surface area contributed by atoms with Gasteiger partial charge in [-0.2, -0.15) is 0 Å². The van der Waals surface area contributed by atoms with Gasteiger partial charge >= 0.3 is 0 Å². The molecule has 3 heteroatoms. The molecule has 2 nitrogen and oxygen atoms in total. The number of fused-ring (bicyclic) bond motifs is 1. The predicted octanol–water partition coefficient (Wildman–Crippen LogP) is 3.38. The average Bonchev–Trinajstić information content (AvgIpc) is 2.68. The van der Waals surface area contributed by atoms with Crippen LogP contribution in [0.1, 0.15) is 37.3 Å². The second kappa shape index (κ2) is 6.09. The number of hydrogen-bond donors (Lipinski definition) is 1. The number of rotatable bonds is 2. The number of nitrogens with one attached hydrogen (secondary N) is 1. The first-order valence-corrected chi connectivity index (χ1v) is 7.97. The minimum absolute atomic E-state index is 0.547. The monoisotopic (exact) mass is 263 g/mol. The van der Waals surface area contributed by atoms with Crippen LogP contribution in [0.25, 0.3) is 0 Å². The Morgan fingerprint density at radius 3 is 3.06 bits per heavy atom. The van der Waals surface area contributed by atoms with Crippen LogP contribution >= 0.6 is 11.8 Å². The van der Waals surface area contributed by atoms with Crippen LogP contribution in [-0.2, 0) is 4.74 Å². The molecule has 1 fully saturated rings. The van der Waals surface area contributed by atoms with Gasteiger partial charge < -0.3 is 10.1 Å². The van der Waals surface area contributed by atoms with E-state index in [2.05, 4.69) is 29.6 Å². The molecule has 98 valence electrons. The number of ether oxygens (including phenoxy) is 1. The van der Waals surface area contributed by atoms with E-state index >= 15 is 0 Å². The molecule has 1 aromatic rings. The van der Waals surface area contributed by atoms with Gasteiger partial charge in [-0.15, -0.1) is 11.8 Å². The van der Waals surface area contributed by atoms with Gasteiger partial charge in [0.1, 0.15) is 0 Å². The second-order valence-corrected chi connectivity index (χ2v) is 6.27. The van der Waals surface area contributed by atoms with Crippen molar-refractivity contribution in [3.8, 4) is 0 Å². The zero-order valence-corrected chi connectivity index (χ0v) is 11.5. The highest BCUT2D eigenvalue weighted by Gasteiger charge is 2.23. The highest BCUT2D eigenvalue weighted by atomic mass is 32.2. The Balaban J connectivity index is 1.69. The van der Waals surface area contributed by atoms with Crippen molar-refractivity contribution < 1.29 is 4.74 Å². The van der Waals surface area contributed by atoms with Gasteiger partial charge in [0, 0.05) is 30.2 Å². The third-order valence-corrected chi connectivity index (χ3v) is 4.97. The highest BCUT2D eigenvalue weighted by molar-refractivity contribution is 7.99. The molecule has 18 heavy (non-hydrogen) atoms. The van der Waals surface area contributed by atoms with E-state index in [9.17, 15) is 0 Å². The summed E-state index contributed by atoms with van der Waals surface area (Å²) >= 11 is 1.99. The molecule has 0 amide bonds. The van der Waals surface area contributed by atoms with Gasteiger partial charge in [-0.25, -0.2) is 0 Å². The van der Waals surface area contributed by atoms with Crippen molar-refractivity contribution in [1.82, 2.24) is 5.32 Å². The first-order chi connectivity index (χ1) is 8.93. The summed E-state index contributed by atoms with van der Waals surface area (Å²) in [7, 11) is 0. The van der Waals surface area contributed by atoms with Crippen LogP contribution in [0.2, 0.25) is 0 Å². The van der Waals surface area contributed by atoms with Crippen LogP contribution in [0.5, 0.6) is 0 Å². The van der Waals surface area contributed by atoms with E-state index in [-0.39, 0.29) is 0 Å². The van der Waals surface area contributed by atoms with E-state index < -0.39 is 0 Å². The van der Waals surface area contributed by atoms with E-state index in [4.69, 9.17) is 4.74 Å². The second-order valence-electron chi connectivity index (χ2n) is 5.13. The summed E-state index contributed by atoms with van der Waals surface area (Å²) in [5.74, 6) is 1.23. The zero-order chi connectivity index (χ0) is 12.2. The van der Waals surface area contributed by atoms with Crippen molar-refractivity contribution in [2.45, 2.75) is 42.7 Å². The lowest BCUT2D eigenvalue weighted by Crippen LogP contribution is -2.34. The van der Waals surface area contributed by atoms with Crippen molar-refractivity contribution in [3.63, 3.8) is 0 Å². The Bertz CT molecular complexity index is 388. The summed E-state index contributed by atoms with van der Waals surface area (Å²) in [5, 5.41) is 3.86. The quantitative estimate of drug-likeness (QED) is 0.884. The van der Waals surface area contributed by atoms with Crippen LogP contribution in [0.15, 0.2) is 29.2 Å². The lowest BCUT2D eigenvalue weighted by Gasteiger charge is -2.29. The van der Waals surface area contributed by atoms with Crippen LogP contribution < -0.4 is 5.32 Å². The Morgan fingerprint density at radius 1 is 1.11 bits per heavy atom. The maximum Gasteiger partial charge on any atom is 0.0480 e. The Kier molecular flexibility index (Phi) is 4.24. The molecule has 2 aliphatic rings. The smallest absolute Gasteiger partial charge is 0.0480 e. The topological polar surface area (TPSA) is 21.3 Å². The molecule has 2 unspecified atom stereocenters. The van der Waals surface area contributed by atoms with E-state index in [0.717, 1.165) is 19.6 Å². The standard InChI is InChI=1S/C15H21NOS/c1-2-6-15-13(5-1)14(8-11-18-15)16-12-4-3-9-17-10-7-12/h1-2,5-6,12,14,16H,3-4,7-11H2. The van der Waals surface area contributed by atoms with Crippen LogP contribution in [0.4, 0.5) is 0 Å². The van der Waals surface area contributed by atoms with Crippen molar-refractivity contribution in [2.75, 3.05) is 19.0 Å². The summed E-state index contributed by atoms with van der Waals surface area (Å²) in [6, 6.07) is 10.0. The molecule has 0 aromatic heterocycles. The molecule has 2 atom stereocenters. The molecule has 1 saturated heterocycles. The Hall–Kier alpha value is -0.510. The molecule has 0 bridgehead atoms. The molecular weight excluding hydrogens is 242 g/mol. The van der Waals surface area contributed by atoms with Gasteiger partial charge in [0.2, 0.25) is 0 Å². The van der Waals surface area contributed by atoms with Gasteiger partial charge in [0.15, 0.2) is 0 Å². The van der Waals surface area contributed by atoms with E-state index in [1.54, 1.807) is 0 Å². The summed E-state index contributed by atoms with van der Waals surface area (Å²) in [6.07, 6.45) is 4.86. The fourth-order valence-electron chi connectivity index (χ4n) is 2.87. The van der Waals surface area contributed by atoms with Crippen LogP contribution in [0, 0.1) is 0 Å². The average molecular weight is 263 g/mol. The van der Waals surface area contributed by atoms with Gasteiger partial charge in [-0.1, -0.05) is 18.2 Å². The summed E-state index contributed by atoms with van der Waals surface area (Å²) in [5.41, 5.74) is 1.50. The van der Waals surface area contributed by atoms with Gasteiger partial charge in [0.25, 0.3) is 0 Å². The van der Waals surface area contributed by atoms with E-state index in [1.807, 2.05) is 11.8 Å². The number of hydrogen-bond acceptors (Lipinski definition) is 3. The molecule has 2 aliphatic heterocycles. The number of benzene rings is 1. The summed E-state index contributed by atoms with van der Waals surface area (Å²) < 4.78 is 5.54. The fraction of sp³-hybridized carbons (Fsp3) is 0.600. The molecule has 0 aliphatic carbocycles. The molecule has 2 heterocycles. The minimum atomic E-state index is 0.547. The van der Waals surface area contributed by atoms with Crippen molar-refractivity contribution in [2.24, 2.45) is 0 Å². The van der Waals surface area contributed by atoms with E-state index in [1.165, 1.54) is 35.5 Å². The largest absolute Gasteiger partial charge is 0.381 e. The van der Waals surface area contributed by atoms with Gasteiger partial charge in [-0.3, -0.25) is 0 Å². The molecular formula is C15H21NOS. The molecule has 0 spiro atoms. The fourth-order valence-corrected chi connectivity index (χ4v) is 4.00. The third-order valence-electron chi connectivity index (χ3n) is 3.85. The lowest BCUT2D eigenvalue weighted by molar-refractivity contribution is 0.142. The summed E-state index contributed by atoms with van der Waals surface area (Å²) in [6.45, 7) is 1.86. The first-order valence-electron chi connectivity index (χ1n) is 6.99.